The van der Waals surface area contributed by atoms with Crippen LogP contribution >= 0.6 is 11.3 Å². The van der Waals surface area contributed by atoms with Crippen molar-refractivity contribution >= 4 is 32.9 Å². The first-order valence-corrected chi connectivity index (χ1v) is 9.98. The van der Waals surface area contributed by atoms with Crippen LogP contribution in [-0.2, 0) is 9.84 Å². The van der Waals surface area contributed by atoms with Crippen molar-refractivity contribution in [1.82, 2.24) is 9.55 Å². The smallest absolute Gasteiger partial charge is 0.269 e. The third kappa shape index (κ3) is 3.44. The quantitative estimate of drug-likeness (QED) is 0.487. The normalized spacial score (nSPS) is 11.9. The van der Waals surface area contributed by atoms with Gasteiger partial charge in [0.25, 0.3) is 5.69 Å². The average Bonchev–Trinajstić information content (AvgIpc) is 3.21. The van der Waals surface area contributed by atoms with E-state index in [1.54, 1.807) is 6.20 Å². The molecule has 26 heavy (non-hydrogen) atoms. The Bertz CT molecular complexity index is 1080. The van der Waals surface area contributed by atoms with E-state index in [1.807, 2.05) is 29.9 Å². The van der Waals surface area contributed by atoms with Gasteiger partial charge in [-0.05, 0) is 43.7 Å². The third-order valence-electron chi connectivity index (χ3n) is 3.88. The lowest BCUT2D eigenvalue weighted by molar-refractivity contribution is -0.384. The van der Waals surface area contributed by atoms with Gasteiger partial charge in [0.15, 0.2) is 15.0 Å². The second kappa shape index (κ2) is 6.85. The summed E-state index contributed by atoms with van der Waals surface area (Å²) in [6.45, 7) is 3.82. The molecular formula is C17H15N3O4S2. The number of nitro benzene ring substituents is 1. The van der Waals surface area contributed by atoms with Crippen LogP contribution in [0.5, 0.6) is 0 Å². The first-order chi connectivity index (χ1) is 12.3. The van der Waals surface area contributed by atoms with E-state index in [0.29, 0.717) is 0 Å². The summed E-state index contributed by atoms with van der Waals surface area (Å²) < 4.78 is 26.9. The van der Waals surface area contributed by atoms with Crippen LogP contribution < -0.4 is 0 Å². The Morgan fingerprint density at radius 3 is 2.50 bits per heavy atom. The maximum absolute atomic E-state index is 12.4. The van der Waals surface area contributed by atoms with Crippen LogP contribution in [0.3, 0.4) is 0 Å². The van der Waals surface area contributed by atoms with E-state index in [0.717, 1.165) is 27.5 Å². The fourth-order valence-corrected chi connectivity index (χ4v) is 4.33. The molecule has 0 aliphatic heterocycles. The van der Waals surface area contributed by atoms with E-state index in [9.17, 15) is 18.5 Å². The zero-order chi connectivity index (χ0) is 18.9. The molecule has 0 saturated heterocycles. The molecule has 9 heteroatoms. The first-order valence-electron chi connectivity index (χ1n) is 7.56. The molecule has 0 unspecified atom stereocenters. The van der Waals surface area contributed by atoms with Gasteiger partial charge >= 0.3 is 0 Å². The lowest BCUT2D eigenvalue weighted by Gasteiger charge is -2.04. The summed E-state index contributed by atoms with van der Waals surface area (Å²) in [7, 11) is -3.70. The van der Waals surface area contributed by atoms with Gasteiger partial charge in [-0.15, -0.1) is 11.3 Å². The van der Waals surface area contributed by atoms with Crippen molar-refractivity contribution in [3.05, 3.63) is 74.4 Å². The number of nitro groups is 1. The van der Waals surface area contributed by atoms with Crippen molar-refractivity contribution in [3.63, 3.8) is 0 Å². The van der Waals surface area contributed by atoms with Crippen molar-refractivity contribution in [3.8, 4) is 5.13 Å². The number of thiazole rings is 1. The molecule has 0 spiro atoms. The van der Waals surface area contributed by atoms with Gasteiger partial charge in [-0.25, -0.2) is 13.4 Å². The molecule has 7 nitrogen and oxygen atoms in total. The number of nitrogens with zero attached hydrogens (tertiary/aromatic N) is 3. The number of benzene rings is 1. The van der Waals surface area contributed by atoms with Gasteiger partial charge in [-0.3, -0.25) is 14.7 Å². The summed E-state index contributed by atoms with van der Waals surface area (Å²) in [5, 5.41) is 14.5. The highest BCUT2D eigenvalue weighted by atomic mass is 32.2. The summed E-state index contributed by atoms with van der Waals surface area (Å²) in [6, 6.07) is 6.70. The number of aryl methyl sites for hydroxylation is 1. The standard InChI is InChI=1S/C17H15N3O4S2/c1-12-11-14(13(2)19(12)17-18-8-9-25-17)7-10-26(23,24)16-5-3-15(4-6-16)20(21)22/h3-11H,1-2H3/b10-7+. The molecule has 0 N–H and O–H groups in total. The molecule has 0 amide bonds. The summed E-state index contributed by atoms with van der Waals surface area (Å²) in [5.41, 5.74) is 2.44. The average molecular weight is 389 g/mol. The van der Waals surface area contributed by atoms with Gasteiger partial charge in [0.1, 0.15) is 0 Å². The highest BCUT2D eigenvalue weighted by Crippen LogP contribution is 2.24. The highest BCUT2D eigenvalue weighted by molar-refractivity contribution is 7.94. The Hall–Kier alpha value is -2.78. The summed E-state index contributed by atoms with van der Waals surface area (Å²) in [6.07, 6.45) is 3.25. The lowest BCUT2D eigenvalue weighted by Crippen LogP contribution is -1.98. The summed E-state index contributed by atoms with van der Waals surface area (Å²) in [5.74, 6) is 0. The monoisotopic (exact) mass is 389 g/mol. The fraction of sp³-hybridized carbons (Fsp3) is 0.118. The van der Waals surface area contributed by atoms with Gasteiger partial charge < -0.3 is 0 Å². The molecule has 0 saturated carbocycles. The van der Waals surface area contributed by atoms with E-state index >= 15 is 0 Å². The minimum atomic E-state index is -3.70. The van der Waals surface area contributed by atoms with Crippen molar-refractivity contribution in [2.24, 2.45) is 0 Å². The maximum Gasteiger partial charge on any atom is 0.269 e. The zero-order valence-electron chi connectivity index (χ0n) is 14.0. The molecular weight excluding hydrogens is 374 g/mol. The van der Waals surface area contributed by atoms with Crippen molar-refractivity contribution in [1.29, 1.82) is 0 Å². The molecule has 2 aromatic heterocycles. The molecule has 3 aromatic rings. The Kier molecular flexibility index (Phi) is 4.75. The Labute approximate surface area is 154 Å². The van der Waals surface area contributed by atoms with Gasteiger partial charge in [0.2, 0.25) is 0 Å². The molecule has 0 aliphatic rings. The van der Waals surface area contributed by atoms with E-state index in [-0.39, 0.29) is 10.6 Å². The minimum Gasteiger partial charge on any atom is -0.294 e. The summed E-state index contributed by atoms with van der Waals surface area (Å²) >= 11 is 1.50. The molecule has 3 rings (SSSR count). The van der Waals surface area contributed by atoms with E-state index in [1.165, 1.54) is 41.7 Å². The molecule has 2 heterocycles. The van der Waals surface area contributed by atoms with Gasteiger partial charge in [-0.1, -0.05) is 0 Å². The number of non-ortho nitro benzene ring substituents is 1. The van der Waals surface area contributed by atoms with Crippen LogP contribution in [0.25, 0.3) is 11.2 Å². The number of rotatable bonds is 5. The topological polar surface area (TPSA) is 95.1 Å². The molecule has 0 aliphatic carbocycles. The highest BCUT2D eigenvalue weighted by Gasteiger charge is 2.15. The Balaban J connectivity index is 1.92. The number of aromatic nitrogens is 2. The van der Waals surface area contributed by atoms with Crippen molar-refractivity contribution < 1.29 is 13.3 Å². The van der Waals surface area contributed by atoms with Crippen LogP contribution in [0.15, 0.2) is 52.2 Å². The Morgan fingerprint density at radius 2 is 1.92 bits per heavy atom. The molecule has 0 fully saturated rings. The second-order valence-corrected chi connectivity index (χ2v) is 8.28. The van der Waals surface area contributed by atoms with Crippen LogP contribution in [0, 0.1) is 24.0 Å². The molecule has 1 aromatic carbocycles. The number of hydrogen-bond donors (Lipinski definition) is 0. The number of sulfone groups is 1. The minimum absolute atomic E-state index is 0.00748. The van der Waals surface area contributed by atoms with Gasteiger partial charge in [0.05, 0.1) is 9.82 Å². The fourth-order valence-electron chi connectivity index (χ4n) is 2.58. The van der Waals surface area contributed by atoms with Gasteiger partial charge in [-0.2, -0.15) is 0 Å². The SMILES string of the molecule is Cc1cc(/C=C/S(=O)(=O)c2ccc([N+](=O)[O-])cc2)c(C)n1-c1nccs1. The number of hydrogen-bond acceptors (Lipinski definition) is 6. The molecule has 0 bridgehead atoms. The Morgan fingerprint density at radius 1 is 1.23 bits per heavy atom. The molecule has 0 atom stereocenters. The largest absolute Gasteiger partial charge is 0.294 e. The summed E-state index contributed by atoms with van der Waals surface area (Å²) in [4.78, 5) is 14.4. The van der Waals surface area contributed by atoms with E-state index in [4.69, 9.17) is 0 Å². The van der Waals surface area contributed by atoms with Crippen LogP contribution in [-0.4, -0.2) is 22.9 Å². The van der Waals surface area contributed by atoms with Gasteiger partial charge in [0, 0.05) is 40.5 Å². The first kappa shape index (κ1) is 18.0. The predicted molar refractivity (Wildman–Crippen MR) is 100 cm³/mol. The molecule has 134 valence electrons. The second-order valence-electron chi connectivity index (χ2n) is 5.58. The van der Waals surface area contributed by atoms with Crippen LogP contribution in [0.2, 0.25) is 0 Å². The van der Waals surface area contributed by atoms with Crippen LogP contribution in [0.1, 0.15) is 17.0 Å². The van der Waals surface area contributed by atoms with E-state index < -0.39 is 14.8 Å². The van der Waals surface area contributed by atoms with E-state index in [2.05, 4.69) is 4.98 Å². The van der Waals surface area contributed by atoms with Crippen LogP contribution in [0.4, 0.5) is 5.69 Å². The third-order valence-corrected chi connectivity index (χ3v) is 6.06. The predicted octanol–water partition coefficient (Wildman–Crippen LogP) is 3.90. The molecule has 0 radical (unpaired) electrons. The maximum atomic E-state index is 12.4. The van der Waals surface area contributed by atoms with Crippen molar-refractivity contribution in [2.45, 2.75) is 18.7 Å². The van der Waals surface area contributed by atoms with Crippen molar-refractivity contribution in [2.75, 3.05) is 0 Å². The zero-order valence-corrected chi connectivity index (χ0v) is 15.6. The lowest BCUT2D eigenvalue weighted by atomic mass is 10.2.